The summed E-state index contributed by atoms with van der Waals surface area (Å²) in [6, 6.07) is 14.6. The number of carbonyl (C=O) groups excluding carboxylic acids is 1. The minimum atomic E-state index is -0.645. The van der Waals surface area contributed by atoms with E-state index in [1.165, 1.54) is 7.05 Å². The van der Waals surface area contributed by atoms with Crippen molar-refractivity contribution in [2.45, 2.75) is 26.7 Å². The molecular formula is C23H22N6O4. The topological polar surface area (TPSA) is 125 Å². The highest BCUT2D eigenvalue weighted by Crippen LogP contribution is 2.13. The van der Waals surface area contributed by atoms with Gasteiger partial charge in [-0.3, -0.25) is 14.2 Å². The standard InChI is InChI=1S/C23H22N6O4/c1-14-7-9-17(10-8-14)29-23(32)28(3)22(31)20(26-29)21-25-19(33-27-21)12-11-18(30)24-16-6-4-5-15(2)13-16/h4-10,13H,11-12H2,1-3H3,(H,24,30). The van der Waals surface area contributed by atoms with Gasteiger partial charge >= 0.3 is 5.69 Å². The van der Waals surface area contributed by atoms with Crippen molar-refractivity contribution in [2.24, 2.45) is 7.05 Å². The number of rotatable bonds is 6. The Morgan fingerprint density at radius 2 is 1.82 bits per heavy atom. The number of nitrogens with zero attached hydrogens (tertiary/aromatic N) is 5. The third-order valence-corrected chi connectivity index (χ3v) is 5.00. The van der Waals surface area contributed by atoms with Crippen LogP contribution in [0.4, 0.5) is 5.69 Å². The van der Waals surface area contributed by atoms with Gasteiger partial charge in [-0.05, 0) is 43.7 Å². The summed E-state index contributed by atoms with van der Waals surface area (Å²) >= 11 is 0. The Kier molecular flexibility index (Phi) is 5.99. The molecule has 0 spiro atoms. The van der Waals surface area contributed by atoms with Crippen LogP contribution in [0.5, 0.6) is 0 Å². The van der Waals surface area contributed by atoms with Gasteiger partial charge in [0.15, 0.2) is 5.69 Å². The van der Waals surface area contributed by atoms with E-state index in [0.29, 0.717) is 11.4 Å². The molecular weight excluding hydrogens is 424 g/mol. The molecule has 0 radical (unpaired) electrons. The number of carbonyl (C=O) groups is 1. The molecule has 0 saturated heterocycles. The summed E-state index contributed by atoms with van der Waals surface area (Å²) in [7, 11) is 1.36. The zero-order chi connectivity index (χ0) is 23.5. The second-order valence-corrected chi connectivity index (χ2v) is 7.67. The molecule has 2 aromatic heterocycles. The van der Waals surface area contributed by atoms with Crippen LogP contribution in [0, 0.1) is 13.8 Å². The first-order valence-corrected chi connectivity index (χ1v) is 10.3. The summed E-state index contributed by atoms with van der Waals surface area (Å²) in [5.41, 5.74) is 1.90. The van der Waals surface area contributed by atoms with Crippen LogP contribution in [0.3, 0.4) is 0 Å². The Morgan fingerprint density at radius 3 is 2.55 bits per heavy atom. The zero-order valence-electron chi connectivity index (χ0n) is 18.4. The maximum absolute atomic E-state index is 12.6. The number of amides is 1. The minimum Gasteiger partial charge on any atom is -0.339 e. The van der Waals surface area contributed by atoms with Gasteiger partial charge in [0.1, 0.15) is 0 Å². The van der Waals surface area contributed by atoms with Crippen molar-refractivity contribution in [1.29, 1.82) is 0 Å². The second-order valence-electron chi connectivity index (χ2n) is 7.67. The largest absolute Gasteiger partial charge is 0.351 e. The third-order valence-electron chi connectivity index (χ3n) is 5.00. The van der Waals surface area contributed by atoms with Gasteiger partial charge in [0, 0.05) is 25.6 Å². The molecule has 10 nitrogen and oxygen atoms in total. The molecule has 0 atom stereocenters. The molecule has 0 saturated carbocycles. The Morgan fingerprint density at radius 1 is 1.06 bits per heavy atom. The normalized spacial score (nSPS) is 10.9. The smallest absolute Gasteiger partial charge is 0.339 e. The molecule has 0 aliphatic rings. The summed E-state index contributed by atoms with van der Waals surface area (Å²) in [5.74, 6) is -0.0748. The van der Waals surface area contributed by atoms with Crippen molar-refractivity contribution >= 4 is 11.6 Å². The summed E-state index contributed by atoms with van der Waals surface area (Å²) in [6.07, 6.45) is 0.298. The molecule has 33 heavy (non-hydrogen) atoms. The van der Waals surface area contributed by atoms with Crippen LogP contribution in [0.2, 0.25) is 0 Å². The van der Waals surface area contributed by atoms with Crippen LogP contribution in [0.25, 0.3) is 17.2 Å². The van der Waals surface area contributed by atoms with Crippen molar-refractivity contribution in [3.05, 3.63) is 86.4 Å². The summed E-state index contributed by atoms with van der Waals surface area (Å²) in [6.45, 7) is 3.87. The molecule has 2 aromatic carbocycles. The van der Waals surface area contributed by atoms with E-state index in [9.17, 15) is 14.4 Å². The van der Waals surface area contributed by atoms with E-state index in [1.807, 2.05) is 44.2 Å². The highest BCUT2D eigenvalue weighted by molar-refractivity contribution is 5.90. The highest BCUT2D eigenvalue weighted by Gasteiger charge is 2.19. The van der Waals surface area contributed by atoms with E-state index in [2.05, 4.69) is 20.6 Å². The number of benzene rings is 2. The molecule has 0 bridgehead atoms. The van der Waals surface area contributed by atoms with E-state index in [0.717, 1.165) is 20.4 Å². The summed E-state index contributed by atoms with van der Waals surface area (Å²) in [5, 5.41) is 10.8. The molecule has 0 aliphatic heterocycles. The van der Waals surface area contributed by atoms with E-state index in [4.69, 9.17) is 4.52 Å². The molecule has 4 aromatic rings. The maximum Gasteiger partial charge on any atom is 0.351 e. The van der Waals surface area contributed by atoms with Crippen LogP contribution in [0.15, 0.2) is 62.6 Å². The quantitative estimate of drug-likeness (QED) is 0.481. The number of aromatic nitrogens is 5. The fraction of sp³-hybridized carbons (Fsp3) is 0.217. The van der Waals surface area contributed by atoms with Crippen LogP contribution >= 0.6 is 0 Å². The van der Waals surface area contributed by atoms with Gasteiger partial charge in [0.2, 0.25) is 17.6 Å². The lowest BCUT2D eigenvalue weighted by Gasteiger charge is -2.08. The first-order valence-electron chi connectivity index (χ1n) is 10.3. The monoisotopic (exact) mass is 446 g/mol. The Balaban J connectivity index is 1.54. The van der Waals surface area contributed by atoms with Crippen molar-refractivity contribution in [3.8, 4) is 17.2 Å². The molecule has 0 fully saturated rings. The van der Waals surface area contributed by atoms with Crippen LogP contribution in [-0.4, -0.2) is 30.4 Å². The summed E-state index contributed by atoms with van der Waals surface area (Å²) in [4.78, 5) is 41.6. The minimum absolute atomic E-state index is 0.0504. The zero-order valence-corrected chi connectivity index (χ0v) is 18.4. The molecule has 1 N–H and O–H groups in total. The molecule has 2 heterocycles. The van der Waals surface area contributed by atoms with Gasteiger partial charge in [-0.15, -0.1) is 0 Å². The van der Waals surface area contributed by atoms with Gasteiger partial charge < -0.3 is 9.84 Å². The number of hydrogen-bond acceptors (Lipinski definition) is 7. The lowest BCUT2D eigenvalue weighted by atomic mass is 10.2. The average Bonchev–Trinajstić information content (AvgIpc) is 3.26. The number of aryl methyl sites for hydroxylation is 3. The van der Waals surface area contributed by atoms with E-state index in [1.54, 1.807) is 18.2 Å². The van der Waals surface area contributed by atoms with Crippen molar-refractivity contribution in [3.63, 3.8) is 0 Å². The predicted molar refractivity (Wildman–Crippen MR) is 121 cm³/mol. The van der Waals surface area contributed by atoms with Gasteiger partial charge in [0.25, 0.3) is 5.56 Å². The van der Waals surface area contributed by atoms with Crippen LogP contribution in [0.1, 0.15) is 23.4 Å². The first-order chi connectivity index (χ1) is 15.8. The van der Waals surface area contributed by atoms with Gasteiger partial charge in [-0.25, -0.2) is 4.79 Å². The van der Waals surface area contributed by atoms with E-state index in [-0.39, 0.29) is 36.2 Å². The Hall–Kier alpha value is -4.34. The molecule has 4 rings (SSSR count). The fourth-order valence-corrected chi connectivity index (χ4v) is 3.19. The van der Waals surface area contributed by atoms with Gasteiger partial charge in [-0.1, -0.05) is 35.0 Å². The first kappa shape index (κ1) is 21.9. The Bertz CT molecular complexity index is 1430. The summed E-state index contributed by atoms with van der Waals surface area (Å²) < 4.78 is 7.26. The van der Waals surface area contributed by atoms with Crippen LogP contribution in [-0.2, 0) is 18.3 Å². The van der Waals surface area contributed by atoms with Gasteiger partial charge in [0.05, 0.1) is 5.69 Å². The van der Waals surface area contributed by atoms with E-state index >= 15 is 0 Å². The molecule has 1 amide bonds. The van der Waals surface area contributed by atoms with Crippen molar-refractivity contribution < 1.29 is 9.32 Å². The van der Waals surface area contributed by atoms with E-state index < -0.39 is 11.2 Å². The molecule has 168 valence electrons. The lowest BCUT2D eigenvalue weighted by Crippen LogP contribution is -2.40. The maximum atomic E-state index is 12.6. The van der Waals surface area contributed by atoms with Crippen molar-refractivity contribution in [2.75, 3.05) is 5.32 Å². The lowest BCUT2D eigenvalue weighted by molar-refractivity contribution is -0.116. The number of nitrogens with one attached hydrogen (secondary N) is 1. The average molecular weight is 446 g/mol. The number of anilines is 1. The Labute approximate surface area is 188 Å². The third kappa shape index (κ3) is 4.79. The number of hydrogen-bond donors (Lipinski definition) is 1. The van der Waals surface area contributed by atoms with Crippen molar-refractivity contribution in [1.82, 2.24) is 24.5 Å². The fourth-order valence-electron chi connectivity index (χ4n) is 3.19. The molecule has 0 unspecified atom stereocenters. The SMILES string of the molecule is Cc1ccc(-n2nc(-c3noc(CCC(=O)Nc4cccc(C)c4)n3)c(=O)n(C)c2=O)cc1. The second kappa shape index (κ2) is 9.03. The predicted octanol–water partition coefficient (Wildman–Crippen LogP) is 2.17. The highest BCUT2D eigenvalue weighted by atomic mass is 16.5. The molecule has 0 aliphatic carbocycles. The van der Waals surface area contributed by atoms with Gasteiger partial charge in [-0.2, -0.15) is 14.8 Å². The van der Waals surface area contributed by atoms with Crippen LogP contribution < -0.4 is 16.6 Å². The molecule has 10 heteroatoms.